The van der Waals surface area contributed by atoms with E-state index in [1.807, 2.05) is 6.21 Å². The highest BCUT2D eigenvalue weighted by molar-refractivity contribution is 5.62. The van der Waals surface area contributed by atoms with Gasteiger partial charge in [-0.1, -0.05) is 18.5 Å². The summed E-state index contributed by atoms with van der Waals surface area (Å²) < 4.78 is 0. The first-order valence-electron chi connectivity index (χ1n) is 4.59. The Morgan fingerprint density at radius 2 is 2.45 bits per heavy atom. The van der Waals surface area contributed by atoms with Crippen LogP contribution in [0, 0.1) is 11.8 Å². The smallest absolute Gasteiger partial charge is 0.135 e. The number of nitrogens with zero attached hydrogens (tertiary/aromatic N) is 1. The molecule has 0 radical (unpaired) electrons. The average molecular weight is 153 g/mol. The highest BCUT2D eigenvalue weighted by Crippen LogP contribution is 2.34. The number of fused-ring (bicyclic) bond motifs is 1. The summed E-state index contributed by atoms with van der Waals surface area (Å²) in [7, 11) is 0. The zero-order valence-corrected chi connectivity index (χ0v) is 6.99. The number of oxime groups is 1. The van der Waals surface area contributed by atoms with Crippen LogP contribution in [0.5, 0.6) is 0 Å². The molecule has 2 rings (SSSR count). The monoisotopic (exact) mass is 153 g/mol. The van der Waals surface area contributed by atoms with Gasteiger partial charge in [0.1, 0.15) is 6.10 Å². The van der Waals surface area contributed by atoms with E-state index in [1.165, 1.54) is 25.7 Å². The average Bonchev–Trinajstić information content (AvgIpc) is 2.50. The van der Waals surface area contributed by atoms with Gasteiger partial charge in [0, 0.05) is 5.92 Å². The molecule has 1 aliphatic heterocycles. The van der Waals surface area contributed by atoms with Crippen LogP contribution >= 0.6 is 0 Å². The van der Waals surface area contributed by atoms with E-state index in [-0.39, 0.29) is 0 Å². The molecule has 0 saturated heterocycles. The summed E-state index contributed by atoms with van der Waals surface area (Å²) in [5, 5.41) is 3.87. The molecule has 1 heterocycles. The summed E-state index contributed by atoms with van der Waals surface area (Å²) in [5.74, 6) is 1.55. The summed E-state index contributed by atoms with van der Waals surface area (Å²) in [6.07, 6.45) is 7.58. The van der Waals surface area contributed by atoms with Gasteiger partial charge >= 0.3 is 0 Å². The molecule has 0 N–H and O–H groups in total. The number of hydrogen-bond donors (Lipinski definition) is 0. The summed E-state index contributed by atoms with van der Waals surface area (Å²) in [5.41, 5.74) is 0. The molecule has 0 aromatic carbocycles. The molecule has 2 unspecified atom stereocenters. The first kappa shape index (κ1) is 7.14. The Morgan fingerprint density at radius 1 is 1.55 bits per heavy atom. The van der Waals surface area contributed by atoms with Gasteiger partial charge in [-0.3, -0.25) is 0 Å². The molecule has 3 atom stereocenters. The molecule has 1 fully saturated rings. The highest BCUT2D eigenvalue weighted by atomic mass is 16.6. The van der Waals surface area contributed by atoms with E-state index in [4.69, 9.17) is 4.84 Å². The van der Waals surface area contributed by atoms with Crippen molar-refractivity contribution < 1.29 is 4.84 Å². The van der Waals surface area contributed by atoms with Crippen LogP contribution in [0.15, 0.2) is 5.16 Å². The van der Waals surface area contributed by atoms with E-state index >= 15 is 0 Å². The normalized spacial score (nSPS) is 41.7. The van der Waals surface area contributed by atoms with Crippen molar-refractivity contribution >= 4 is 6.21 Å². The Morgan fingerprint density at radius 3 is 3.27 bits per heavy atom. The summed E-state index contributed by atoms with van der Waals surface area (Å²) in [6, 6.07) is 0. The van der Waals surface area contributed by atoms with Crippen molar-refractivity contribution in [1.29, 1.82) is 0 Å². The standard InChI is InChI=1S/C9H15NO/c1-2-7-3-4-9-8(5-7)6-10-11-9/h6-9H,2-5H2,1H3/t7-,8?,9?/m0/s1. The zero-order chi connectivity index (χ0) is 7.68. The summed E-state index contributed by atoms with van der Waals surface area (Å²) in [6.45, 7) is 2.28. The molecule has 0 spiro atoms. The van der Waals surface area contributed by atoms with Crippen LogP contribution in [0.1, 0.15) is 32.6 Å². The molecule has 1 saturated carbocycles. The number of rotatable bonds is 1. The molecule has 0 bridgehead atoms. The maximum absolute atomic E-state index is 5.22. The molecule has 1 aliphatic carbocycles. The lowest BCUT2D eigenvalue weighted by Crippen LogP contribution is -2.27. The van der Waals surface area contributed by atoms with Crippen molar-refractivity contribution in [2.75, 3.05) is 0 Å². The lowest BCUT2D eigenvalue weighted by Gasteiger charge is -2.27. The maximum Gasteiger partial charge on any atom is 0.135 e. The third kappa shape index (κ3) is 1.26. The SMILES string of the molecule is CC[C@H]1CCC2ON=CC2C1. The number of hydrogen-bond acceptors (Lipinski definition) is 2. The second-order valence-electron chi connectivity index (χ2n) is 3.65. The topological polar surface area (TPSA) is 21.6 Å². The predicted molar refractivity (Wildman–Crippen MR) is 44.5 cm³/mol. The Bertz CT molecular complexity index is 167. The van der Waals surface area contributed by atoms with E-state index in [2.05, 4.69) is 12.1 Å². The fourth-order valence-corrected chi connectivity index (χ4v) is 2.12. The predicted octanol–water partition coefficient (Wildman–Crippen LogP) is 2.20. The molecule has 62 valence electrons. The quantitative estimate of drug-likeness (QED) is 0.566. The van der Waals surface area contributed by atoms with Gasteiger partial charge in [0.15, 0.2) is 0 Å². The molecular weight excluding hydrogens is 138 g/mol. The second kappa shape index (κ2) is 2.84. The van der Waals surface area contributed by atoms with Crippen LogP contribution in [0.4, 0.5) is 0 Å². The molecule has 2 aliphatic rings. The van der Waals surface area contributed by atoms with Crippen LogP contribution in [0.2, 0.25) is 0 Å². The highest BCUT2D eigenvalue weighted by Gasteiger charge is 2.33. The molecule has 0 aromatic rings. The first-order chi connectivity index (χ1) is 5.40. The van der Waals surface area contributed by atoms with Crippen LogP contribution in [0.3, 0.4) is 0 Å². The van der Waals surface area contributed by atoms with Gasteiger partial charge in [-0.15, -0.1) is 0 Å². The third-order valence-electron chi connectivity index (χ3n) is 2.97. The van der Waals surface area contributed by atoms with E-state index in [0.29, 0.717) is 12.0 Å². The Kier molecular flexibility index (Phi) is 1.84. The molecular formula is C9H15NO. The fourth-order valence-electron chi connectivity index (χ4n) is 2.12. The van der Waals surface area contributed by atoms with Crippen molar-refractivity contribution in [2.24, 2.45) is 17.0 Å². The minimum atomic E-state index is 0.429. The molecule has 0 amide bonds. The third-order valence-corrected chi connectivity index (χ3v) is 2.97. The van der Waals surface area contributed by atoms with Crippen LogP contribution < -0.4 is 0 Å². The summed E-state index contributed by atoms with van der Waals surface area (Å²) in [4.78, 5) is 5.22. The van der Waals surface area contributed by atoms with E-state index in [1.54, 1.807) is 0 Å². The molecule has 2 nitrogen and oxygen atoms in total. The molecule has 11 heavy (non-hydrogen) atoms. The lowest BCUT2D eigenvalue weighted by atomic mass is 9.79. The van der Waals surface area contributed by atoms with Gasteiger partial charge < -0.3 is 4.84 Å². The van der Waals surface area contributed by atoms with Crippen molar-refractivity contribution in [3.05, 3.63) is 0 Å². The minimum Gasteiger partial charge on any atom is -0.392 e. The lowest BCUT2D eigenvalue weighted by molar-refractivity contribution is 0.0268. The fraction of sp³-hybridized carbons (Fsp3) is 0.889. The maximum atomic E-state index is 5.22. The van der Waals surface area contributed by atoms with Crippen molar-refractivity contribution in [1.82, 2.24) is 0 Å². The van der Waals surface area contributed by atoms with Crippen LogP contribution in [-0.2, 0) is 4.84 Å². The molecule has 0 aromatic heterocycles. The van der Waals surface area contributed by atoms with E-state index < -0.39 is 0 Å². The Balaban J connectivity index is 1.95. The van der Waals surface area contributed by atoms with Gasteiger partial charge in [0.05, 0.1) is 6.21 Å². The van der Waals surface area contributed by atoms with Crippen molar-refractivity contribution in [3.63, 3.8) is 0 Å². The van der Waals surface area contributed by atoms with Gasteiger partial charge in [-0.05, 0) is 25.2 Å². The van der Waals surface area contributed by atoms with E-state index in [0.717, 1.165) is 5.92 Å². The first-order valence-corrected chi connectivity index (χ1v) is 4.59. The van der Waals surface area contributed by atoms with Gasteiger partial charge in [0.25, 0.3) is 0 Å². The summed E-state index contributed by atoms with van der Waals surface area (Å²) >= 11 is 0. The minimum absolute atomic E-state index is 0.429. The van der Waals surface area contributed by atoms with E-state index in [9.17, 15) is 0 Å². The van der Waals surface area contributed by atoms with Gasteiger partial charge in [-0.2, -0.15) is 0 Å². The van der Waals surface area contributed by atoms with Crippen molar-refractivity contribution in [2.45, 2.75) is 38.7 Å². The second-order valence-corrected chi connectivity index (χ2v) is 3.65. The van der Waals surface area contributed by atoms with Crippen LogP contribution in [0.25, 0.3) is 0 Å². The zero-order valence-electron chi connectivity index (χ0n) is 6.99. The Labute approximate surface area is 67.6 Å². The Hall–Kier alpha value is -0.530. The van der Waals surface area contributed by atoms with Crippen LogP contribution in [-0.4, -0.2) is 12.3 Å². The van der Waals surface area contributed by atoms with Crippen molar-refractivity contribution in [3.8, 4) is 0 Å². The van der Waals surface area contributed by atoms with Gasteiger partial charge in [-0.25, -0.2) is 0 Å². The largest absolute Gasteiger partial charge is 0.392 e. The molecule has 2 heteroatoms. The van der Waals surface area contributed by atoms with Gasteiger partial charge in [0.2, 0.25) is 0 Å².